The van der Waals surface area contributed by atoms with Crippen molar-refractivity contribution in [3.8, 4) is 17.6 Å². The third-order valence-corrected chi connectivity index (χ3v) is 7.15. The Balaban J connectivity index is 1.85. The van der Waals surface area contributed by atoms with E-state index in [-0.39, 0.29) is 42.7 Å². The summed E-state index contributed by atoms with van der Waals surface area (Å²) in [6.45, 7) is 16.0. The van der Waals surface area contributed by atoms with Gasteiger partial charge in [0.25, 0.3) is 17.4 Å². The largest absolute Gasteiger partial charge is 0.505 e. The second-order valence-electron chi connectivity index (χ2n) is 11.9. The van der Waals surface area contributed by atoms with Crippen LogP contribution in [-0.2, 0) is 17.8 Å². The molecule has 3 heterocycles. The van der Waals surface area contributed by atoms with E-state index in [4.69, 9.17) is 16.6 Å². The van der Waals surface area contributed by atoms with Gasteiger partial charge in [0.2, 0.25) is 5.54 Å². The third kappa shape index (κ3) is 6.21. The van der Waals surface area contributed by atoms with Crippen molar-refractivity contribution in [2.75, 3.05) is 6.54 Å². The predicted octanol–water partition coefficient (Wildman–Crippen LogP) is 3.39. The molecule has 0 aliphatic carbocycles. The average Bonchev–Trinajstić information content (AvgIpc) is 3.14. The van der Waals surface area contributed by atoms with Gasteiger partial charge in [-0.05, 0) is 26.3 Å². The van der Waals surface area contributed by atoms with Crippen molar-refractivity contribution < 1.29 is 19.4 Å². The summed E-state index contributed by atoms with van der Waals surface area (Å²) in [6.07, 6.45) is 1.02. The Kier molecular flexibility index (Phi) is 8.26. The molecule has 42 heavy (non-hydrogen) atoms. The molecule has 4 rings (SSSR count). The summed E-state index contributed by atoms with van der Waals surface area (Å²) in [5.74, 6) is -1.67. The van der Waals surface area contributed by atoms with Gasteiger partial charge in [-0.25, -0.2) is 6.57 Å². The summed E-state index contributed by atoms with van der Waals surface area (Å²) in [7, 11) is 0. The lowest BCUT2D eigenvalue weighted by molar-refractivity contribution is -0.129. The molecule has 1 atom stereocenters. The molecule has 218 valence electrons. The lowest BCUT2D eigenvalue weighted by Crippen LogP contribution is -2.49. The second-order valence-corrected chi connectivity index (χ2v) is 11.9. The molecule has 0 spiro atoms. The van der Waals surface area contributed by atoms with Crippen LogP contribution in [0.5, 0.6) is 11.5 Å². The van der Waals surface area contributed by atoms with Crippen molar-refractivity contribution in [1.29, 1.82) is 5.26 Å². The first kappa shape index (κ1) is 30.1. The number of rotatable bonds is 8. The number of hydrogen-bond donors (Lipinski definition) is 3. The minimum Gasteiger partial charge on any atom is -0.505 e. The van der Waals surface area contributed by atoms with Gasteiger partial charge in [0.1, 0.15) is 16.6 Å². The molecule has 1 aliphatic rings. The van der Waals surface area contributed by atoms with Crippen molar-refractivity contribution in [3.05, 3.63) is 74.5 Å². The molecule has 11 nitrogen and oxygen atoms in total. The summed E-state index contributed by atoms with van der Waals surface area (Å²) < 4.78 is 7.64. The van der Waals surface area contributed by atoms with E-state index in [2.05, 4.69) is 26.5 Å². The number of ether oxygens (including phenoxy) is 1. The Bertz CT molecular complexity index is 1690. The smallest absolute Gasteiger partial charge is 0.267 e. The Morgan fingerprint density at radius 2 is 1.95 bits per heavy atom. The topological polar surface area (TPSA) is 151 Å². The number of nitriles is 1. The fourth-order valence-electron chi connectivity index (χ4n) is 4.72. The Morgan fingerprint density at radius 1 is 1.26 bits per heavy atom. The van der Waals surface area contributed by atoms with Crippen LogP contribution in [0.1, 0.15) is 67.6 Å². The van der Waals surface area contributed by atoms with Crippen molar-refractivity contribution >= 4 is 22.8 Å². The second kappa shape index (κ2) is 11.5. The first-order chi connectivity index (χ1) is 19.8. The number of aromatic nitrogens is 2. The molecular weight excluding hydrogens is 536 g/mol. The van der Waals surface area contributed by atoms with E-state index in [1.165, 1.54) is 10.8 Å². The molecule has 0 unspecified atom stereocenters. The zero-order chi connectivity index (χ0) is 30.8. The van der Waals surface area contributed by atoms with Gasteiger partial charge in [-0.15, -0.1) is 0 Å². The monoisotopic (exact) mass is 570 g/mol. The molecule has 0 bridgehead atoms. The van der Waals surface area contributed by atoms with Crippen molar-refractivity contribution in [2.45, 2.75) is 77.6 Å². The maximum Gasteiger partial charge on any atom is 0.267 e. The summed E-state index contributed by atoms with van der Waals surface area (Å²) >= 11 is 0. The van der Waals surface area contributed by atoms with Crippen LogP contribution < -0.4 is 20.9 Å². The number of aryl methyl sites for hydroxylation is 2. The number of aromatic hydroxyl groups is 1. The number of benzene rings is 1. The number of hydrogen-bond acceptors (Lipinski definition) is 7. The van der Waals surface area contributed by atoms with E-state index in [0.29, 0.717) is 12.0 Å². The highest BCUT2D eigenvalue weighted by atomic mass is 16.5. The van der Waals surface area contributed by atoms with Crippen molar-refractivity contribution in [3.63, 3.8) is 0 Å². The zero-order valence-electron chi connectivity index (χ0n) is 24.4. The van der Waals surface area contributed by atoms with E-state index < -0.39 is 45.9 Å². The zero-order valence-corrected chi connectivity index (χ0v) is 24.4. The van der Waals surface area contributed by atoms with Crippen LogP contribution in [0.2, 0.25) is 0 Å². The molecule has 0 fully saturated rings. The average molecular weight is 571 g/mol. The SMILES string of the molecule is [C-]#[N+]C(C)(C)CNC(=O)c1c(O)c2ncc(Cc3ccc(C)cc3)c3c2n(c1=O)CC[C@@H](C(=O)NC(C)(C)CC#N)O3. The molecule has 1 aliphatic heterocycles. The van der Waals surface area contributed by atoms with E-state index in [0.717, 1.165) is 11.1 Å². The van der Waals surface area contributed by atoms with Gasteiger partial charge in [0.15, 0.2) is 17.6 Å². The number of nitrogens with one attached hydrogen (secondary N) is 2. The number of amides is 2. The highest BCUT2D eigenvalue weighted by molar-refractivity contribution is 6.02. The summed E-state index contributed by atoms with van der Waals surface area (Å²) in [5.41, 5.74) is -0.186. The van der Waals surface area contributed by atoms with Crippen molar-refractivity contribution in [1.82, 2.24) is 20.2 Å². The third-order valence-electron chi connectivity index (χ3n) is 7.15. The van der Waals surface area contributed by atoms with Gasteiger partial charge < -0.3 is 29.9 Å². The molecule has 0 saturated heterocycles. The molecule has 2 amide bonds. The Labute approximate surface area is 244 Å². The molecule has 3 N–H and O–H groups in total. The number of nitrogens with zero attached hydrogens (tertiary/aromatic N) is 4. The quantitative estimate of drug-likeness (QED) is 0.351. The van der Waals surface area contributed by atoms with Crippen LogP contribution in [0.15, 0.2) is 35.3 Å². The number of pyridine rings is 2. The van der Waals surface area contributed by atoms with E-state index >= 15 is 0 Å². The van der Waals surface area contributed by atoms with Crippen LogP contribution in [0, 0.1) is 24.8 Å². The Hall–Kier alpha value is -4.90. The molecule has 2 aromatic heterocycles. The van der Waals surface area contributed by atoms with Gasteiger partial charge in [-0.3, -0.25) is 19.4 Å². The number of carbonyl (C=O) groups excluding carboxylic acids is 2. The van der Waals surface area contributed by atoms with Gasteiger partial charge in [-0.2, -0.15) is 5.26 Å². The highest BCUT2D eigenvalue weighted by Gasteiger charge is 2.34. The molecule has 11 heteroatoms. The van der Waals surface area contributed by atoms with Gasteiger partial charge >= 0.3 is 0 Å². The summed E-state index contributed by atoms with van der Waals surface area (Å²) in [6, 6.07) is 9.92. The number of carbonyl (C=O) groups is 2. The van der Waals surface area contributed by atoms with E-state index in [9.17, 15) is 19.5 Å². The molecule has 1 aromatic carbocycles. The summed E-state index contributed by atoms with van der Waals surface area (Å²) in [5, 5.41) is 25.8. The molecule has 3 aromatic rings. The van der Waals surface area contributed by atoms with Crippen LogP contribution in [0.3, 0.4) is 0 Å². The van der Waals surface area contributed by atoms with E-state index in [1.807, 2.05) is 31.2 Å². The minimum absolute atomic E-state index is 0.00285. The first-order valence-corrected chi connectivity index (χ1v) is 13.6. The van der Waals surface area contributed by atoms with Crippen LogP contribution in [-0.4, -0.2) is 50.2 Å². The van der Waals surface area contributed by atoms with Gasteiger partial charge in [0.05, 0.1) is 19.0 Å². The van der Waals surface area contributed by atoms with Gasteiger partial charge in [-0.1, -0.05) is 29.8 Å². The lowest BCUT2D eigenvalue weighted by atomic mass is 10.0. The molecule has 0 radical (unpaired) electrons. The standard InChI is InChI=1S/C31H34N6O5/c1-18-7-9-19(10-8-18)15-20-16-34-23-24-26(20)42-21(27(39)36-30(2,3)12-13-32)11-14-37(24)29(41)22(25(23)38)28(40)35-17-31(4,5)33-6/h7-10,16,21,38H,11-12,14-15,17H2,1-5H3,(H,35,40)(H,36,39)/t21-/m0/s1. The summed E-state index contributed by atoms with van der Waals surface area (Å²) in [4.78, 5) is 48.2. The fraction of sp³-hybridized carbons (Fsp3) is 0.419. The van der Waals surface area contributed by atoms with Crippen LogP contribution >= 0.6 is 0 Å². The first-order valence-electron chi connectivity index (χ1n) is 13.6. The fourth-order valence-corrected chi connectivity index (χ4v) is 4.72. The predicted molar refractivity (Wildman–Crippen MR) is 156 cm³/mol. The molecule has 0 saturated carbocycles. The maximum atomic E-state index is 13.8. The normalized spacial score (nSPS) is 14.7. The van der Waals surface area contributed by atoms with Crippen LogP contribution in [0.25, 0.3) is 15.9 Å². The van der Waals surface area contributed by atoms with Crippen LogP contribution in [0.4, 0.5) is 0 Å². The van der Waals surface area contributed by atoms with Crippen molar-refractivity contribution in [2.24, 2.45) is 0 Å². The maximum absolute atomic E-state index is 13.8. The lowest BCUT2D eigenvalue weighted by Gasteiger charge is -2.26. The minimum atomic E-state index is -1.02. The van der Waals surface area contributed by atoms with E-state index in [1.54, 1.807) is 27.7 Å². The Morgan fingerprint density at radius 3 is 2.60 bits per heavy atom. The molecular formula is C31H34N6O5. The van der Waals surface area contributed by atoms with Gasteiger partial charge in [0, 0.05) is 50.5 Å². The highest BCUT2D eigenvalue weighted by Crippen LogP contribution is 2.37.